The first-order valence-electron chi connectivity index (χ1n) is 4.46. The van der Waals surface area contributed by atoms with E-state index in [2.05, 4.69) is 4.98 Å². The number of para-hydroxylation sites is 1. The van der Waals surface area contributed by atoms with Crippen molar-refractivity contribution < 1.29 is 0 Å². The molecule has 0 atom stereocenters. The number of aryl methyl sites for hydroxylation is 1. The van der Waals surface area contributed by atoms with Crippen molar-refractivity contribution in [1.29, 1.82) is 0 Å². The monoisotopic (exact) mass is 206 g/mol. The molecular formula is C10H10N2OS. The predicted octanol–water partition coefficient (Wildman–Crippen LogP) is 2.08. The van der Waals surface area contributed by atoms with Crippen LogP contribution in [0.5, 0.6) is 0 Å². The van der Waals surface area contributed by atoms with Crippen LogP contribution in [0.15, 0.2) is 29.1 Å². The Morgan fingerprint density at radius 3 is 2.86 bits per heavy atom. The Hall–Kier alpha value is -1.42. The maximum Gasteiger partial charge on any atom is 0.259 e. The lowest BCUT2D eigenvalue weighted by Crippen LogP contribution is -2.13. The molecule has 3 nitrogen and oxygen atoms in total. The van der Waals surface area contributed by atoms with E-state index in [1.807, 2.05) is 29.7 Å². The smallest absolute Gasteiger partial charge is 0.259 e. The lowest BCUT2D eigenvalue weighted by Gasteiger charge is -2.07. The lowest BCUT2D eigenvalue weighted by molar-refractivity contribution is 0.750. The number of fused-ring (bicyclic) bond motifs is 1. The molecule has 0 amide bonds. The first-order chi connectivity index (χ1) is 6.74. The number of benzene rings is 1. The third-order valence-electron chi connectivity index (χ3n) is 2.22. The van der Waals surface area contributed by atoms with Gasteiger partial charge in [-0.1, -0.05) is 12.1 Å². The van der Waals surface area contributed by atoms with Crippen molar-refractivity contribution in [3.05, 3.63) is 39.4 Å². The van der Waals surface area contributed by atoms with E-state index in [-0.39, 0.29) is 5.56 Å². The number of aromatic nitrogens is 2. The molecule has 0 fully saturated rings. The summed E-state index contributed by atoms with van der Waals surface area (Å²) in [5.74, 6) is 0. The van der Waals surface area contributed by atoms with Crippen molar-refractivity contribution in [2.75, 3.05) is 0 Å². The van der Waals surface area contributed by atoms with Crippen LogP contribution in [-0.4, -0.2) is 9.55 Å². The fourth-order valence-electron chi connectivity index (χ4n) is 1.56. The largest absolute Gasteiger partial charge is 0.318 e. The summed E-state index contributed by atoms with van der Waals surface area (Å²) in [6.07, 6.45) is 0. The zero-order valence-corrected chi connectivity index (χ0v) is 8.60. The fraction of sp³-hybridized carbons (Fsp3) is 0.200. The number of nitrogens with one attached hydrogen (secondary N) is 1. The third kappa shape index (κ3) is 1.28. The number of hydrogen-bond acceptors (Lipinski definition) is 2. The van der Waals surface area contributed by atoms with E-state index < -0.39 is 0 Å². The van der Waals surface area contributed by atoms with Crippen LogP contribution < -0.4 is 5.56 Å². The van der Waals surface area contributed by atoms with Crippen LogP contribution in [0.2, 0.25) is 0 Å². The van der Waals surface area contributed by atoms with Gasteiger partial charge in [-0.15, -0.1) is 0 Å². The Kier molecular flexibility index (Phi) is 2.21. The predicted molar refractivity (Wildman–Crippen MR) is 59.1 cm³/mol. The molecule has 0 aliphatic heterocycles. The van der Waals surface area contributed by atoms with Crippen molar-refractivity contribution in [1.82, 2.24) is 9.55 Å². The molecular weight excluding hydrogens is 196 g/mol. The Bertz CT molecular complexity index is 582. The van der Waals surface area contributed by atoms with E-state index in [0.29, 0.717) is 10.2 Å². The highest BCUT2D eigenvalue weighted by molar-refractivity contribution is 7.71. The summed E-state index contributed by atoms with van der Waals surface area (Å²) < 4.78 is 2.39. The first kappa shape index (κ1) is 9.15. The second-order valence-electron chi connectivity index (χ2n) is 3.02. The Morgan fingerprint density at radius 2 is 2.14 bits per heavy atom. The van der Waals surface area contributed by atoms with Crippen LogP contribution in [0.4, 0.5) is 0 Å². The van der Waals surface area contributed by atoms with Crippen molar-refractivity contribution >= 4 is 23.1 Å². The molecule has 1 heterocycles. The summed E-state index contributed by atoms with van der Waals surface area (Å²) in [5.41, 5.74) is 0.777. The van der Waals surface area contributed by atoms with Gasteiger partial charge in [0.1, 0.15) is 0 Å². The molecule has 0 saturated heterocycles. The van der Waals surface area contributed by atoms with Crippen molar-refractivity contribution in [2.24, 2.45) is 0 Å². The molecule has 0 bridgehead atoms. The van der Waals surface area contributed by atoms with Crippen LogP contribution in [0.3, 0.4) is 0 Å². The molecule has 0 aliphatic rings. The molecule has 72 valence electrons. The second-order valence-corrected chi connectivity index (χ2v) is 3.41. The molecule has 0 unspecified atom stereocenters. The highest BCUT2D eigenvalue weighted by Crippen LogP contribution is 2.08. The quantitative estimate of drug-likeness (QED) is 0.725. The molecule has 0 aliphatic carbocycles. The highest BCUT2D eigenvalue weighted by Gasteiger charge is 2.01. The summed E-state index contributed by atoms with van der Waals surface area (Å²) in [7, 11) is 0. The van der Waals surface area contributed by atoms with Gasteiger partial charge in [0.05, 0.1) is 10.9 Å². The fourth-order valence-corrected chi connectivity index (χ4v) is 1.88. The van der Waals surface area contributed by atoms with E-state index in [4.69, 9.17) is 12.2 Å². The SMILES string of the molecule is CCn1c(=S)[nH]c(=O)c2ccccc21. The molecule has 0 spiro atoms. The van der Waals surface area contributed by atoms with Gasteiger partial charge in [-0.3, -0.25) is 9.78 Å². The van der Waals surface area contributed by atoms with E-state index in [9.17, 15) is 4.79 Å². The molecule has 2 rings (SSSR count). The average molecular weight is 206 g/mol. The van der Waals surface area contributed by atoms with Gasteiger partial charge in [0, 0.05) is 6.54 Å². The van der Waals surface area contributed by atoms with E-state index >= 15 is 0 Å². The molecule has 1 aromatic heterocycles. The van der Waals surface area contributed by atoms with E-state index in [1.165, 1.54) is 0 Å². The minimum absolute atomic E-state index is 0.115. The van der Waals surface area contributed by atoms with Gasteiger partial charge in [0.25, 0.3) is 5.56 Å². The van der Waals surface area contributed by atoms with Crippen LogP contribution >= 0.6 is 12.2 Å². The van der Waals surface area contributed by atoms with Gasteiger partial charge in [0.2, 0.25) is 0 Å². The van der Waals surface area contributed by atoms with Crippen LogP contribution in [0.1, 0.15) is 6.92 Å². The van der Waals surface area contributed by atoms with Gasteiger partial charge in [-0.2, -0.15) is 0 Å². The second kappa shape index (κ2) is 3.38. The Labute approximate surface area is 86.0 Å². The number of nitrogens with zero attached hydrogens (tertiary/aromatic N) is 1. The lowest BCUT2D eigenvalue weighted by atomic mass is 10.2. The third-order valence-corrected chi connectivity index (χ3v) is 2.54. The maximum absolute atomic E-state index is 11.5. The van der Waals surface area contributed by atoms with E-state index in [1.54, 1.807) is 6.07 Å². The van der Waals surface area contributed by atoms with Crippen molar-refractivity contribution in [3.8, 4) is 0 Å². The summed E-state index contributed by atoms with van der Waals surface area (Å²) in [5, 5.41) is 0.683. The minimum atomic E-state index is -0.115. The van der Waals surface area contributed by atoms with E-state index in [0.717, 1.165) is 12.1 Å². The average Bonchev–Trinajstić information content (AvgIpc) is 2.18. The van der Waals surface area contributed by atoms with Crippen LogP contribution in [-0.2, 0) is 6.54 Å². The molecule has 4 heteroatoms. The molecule has 0 radical (unpaired) electrons. The van der Waals surface area contributed by atoms with Crippen molar-refractivity contribution in [2.45, 2.75) is 13.5 Å². The number of rotatable bonds is 1. The van der Waals surface area contributed by atoms with Gasteiger partial charge in [-0.05, 0) is 31.3 Å². The number of hydrogen-bond donors (Lipinski definition) is 1. The van der Waals surface area contributed by atoms with Gasteiger partial charge in [-0.25, -0.2) is 0 Å². The van der Waals surface area contributed by atoms with Crippen molar-refractivity contribution in [3.63, 3.8) is 0 Å². The zero-order chi connectivity index (χ0) is 10.1. The number of aromatic amines is 1. The summed E-state index contributed by atoms with van der Waals surface area (Å²) in [6, 6.07) is 7.46. The van der Waals surface area contributed by atoms with Gasteiger partial charge in [0.15, 0.2) is 4.77 Å². The maximum atomic E-state index is 11.5. The van der Waals surface area contributed by atoms with Crippen LogP contribution in [0.25, 0.3) is 10.9 Å². The van der Waals surface area contributed by atoms with Gasteiger partial charge < -0.3 is 4.57 Å². The zero-order valence-electron chi connectivity index (χ0n) is 7.78. The topological polar surface area (TPSA) is 37.8 Å². The summed E-state index contributed by atoms with van der Waals surface area (Å²) in [6.45, 7) is 2.76. The normalized spacial score (nSPS) is 10.6. The first-order valence-corrected chi connectivity index (χ1v) is 4.86. The Balaban J connectivity index is 3.06. The summed E-state index contributed by atoms with van der Waals surface area (Å²) in [4.78, 5) is 14.2. The molecule has 0 saturated carbocycles. The molecule has 1 aromatic carbocycles. The molecule has 2 aromatic rings. The highest BCUT2D eigenvalue weighted by atomic mass is 32.1. The number of H-pyrrole nitrogens is 1. The molecule has 1 N–H and O–H groups in total. The Morgan fingerprint density at radius 1 is 1.43 bits per heavy atom. The summed E-state index contributed by atoms with van der Waals surface area (Å²) >= 11 is 5.07. The standard InChI is InChI=1S/C10H10N2OS/c1-2-12-8-6-4-3-5-7(8)9(13)11-10(12)14/h3-6H,2H2,1H3,(H,11,13,14). The molecule has 14 heavy (non-hydrogen) atoms. The minimum Gasteiger partial charge on any atom is -0.318 e. The van der Waals surface area contributed by atoms with Gasteiger partial charge >= 0.3 is 0 Å². The van der Waals surface area contributed by atoms with Crippen LogP contribution in [0, 0.1) is 4.77 Å².